The van der Waals surface area contributed by atoms with Crippen molar-refractivity contribution in [2.45, 2.75) is 13.8 Å². The molecular formula is C6H10OS. The van der Waals surface area contributed by atoms with Gasteiger partial charge in [0, 0.05) is 11.7 Å². The maximum Gasteiger partial charge on any atom is 0.192 e. The lowest BCUT2D eigenvalue weighted by Gasteiger charge is -2.02. The van der Waals surface area contributed by atoms with Gasteiger partial charge >= 0.3 is 0 Å². The summed E-state index contributed by atoms with van der Waals surface area (Å²) in [5.41, 5.74) is 0. The third-order valence-corrected chi connectivity index (χ3v) is 3.06. The smallest absolute Gasteiger partial charge is 0.192 e. The van der Waals surface area contributed by atoms with E-state index < -0.39 is 0 Å². The van der Waals surface area contributed by atoms with Gasteiger partial charge in [-0.25, -0.2) is 0 Å². The van der Waals surface area contributed by atoms with Crippen LogP contribution in [-0.2, 0) is 4.79 Å². The molecule has 1 aliphatic rings. The number of carbonyl (C=O) groups excluding carboxylic acids is 1. The standard InChI is InChI=1S/C6H10OS/c1-4-3-8-6(7)5(4)2/h4-5H,3H2,1-2H3/t4-,5+/m1/s1. The lowest BCUT2D eigenvalue weighted by molar-refractivity contribution is -0.114. The van der Waals surface area contributed by atoms with Crippen molar-refractivity contribution < 1.29 is 4.79 Å². The van der Waals surface area contributed by atoms with Crippen LogP contribution in [0.5, 0.6) is 0 Å². The van der Waals surface area contributed by atoms with Crippen molar-refractivity contribution in [3.05, 3.63) is 0 Å². The molecule has 0 aromatic rings. The van der Waals surface area contributed by atoms with Gasteiger partial charge in [-0.3, -0.25) is 4.79 Å². The minimum Gasteiger partial charge on any atom is -0.287 e. The molecule has 1 heterocycles. The average Bonchev–Trinajstić information content (AvgIpc) is 1.98. The summed E-state index contributed by atoms with van der Waals surface area (Å²) < 4.78 is 0. The van der Waals surface area contributed by atoms with Crippen LogP contribution in [0.4, 0.5) is 0 Å². The molecule has 0 N–H and O–H groups in total. The topological polar surface area (TPSA) is 17.1 Å². The fourth-order valence-electron chi connectivity index (χ4n) is 0.722. The predicted octanol–water partition coefficient (Wildman–Crippen LogP) is 1.53. The second-order valence-corrected chi connectivity index (χ2v) is 3.42. The van der Waals surface area contributed by atoms with Crippen molar-refractivity contribution >= 4 is 16.9 Å². The molecule has 1 rings (SSSR count). The predicted molar refractivity (Wildman–Crippen MR) is 35.8 cm³/mol. The Kier molecular flexibility index (Phi) is 1.61. The molecule has 0 unspecified atom stereocenters. The summed E-state index contributed by atoms with van der Waals surface area (Å²) in [4.78, 5) is 10.7. The Morgan fingerprint density at radius 2 is 2.25 bits per heavy atom. The molecule has 2 heteroatoms. The van der Waals surface area contributed by atoms with Gasteiger partial charge in [-0.05, 0) is 5.92 Å². The van der Waals surface area contributed by atoms with Crippen molar-refractivity contribution in [1.82, 2.24) is 0 Å². The quantitative estimate of drug-likeness (QED) is 0.494. The molecule has 1 saturated heterocycles. The zero-order chi connectivity index (χ0) is 6.15. The maximum absolute atomic E-state index is 10.7. The van der Waals surface area contributed by atoms with Crippen molar-refractivity contribution in [1.29, 1.82) is 0 Å². The van der Waals surface area contributed by atoms with Crippen LogP contribution in [0.3, 0.4) is 0 Å². The van der Waals surface area contributed by atoms with Crippen molar-refractivity contribution in [3.63, 3.8) is 0 Å². The van der Waals surface area contributed by atoms with Gasteiger partial charge in [-0.2, -0.15) is 0 Å². The molecule has 0 aromatic heterocycles. The van der Waals surface area contributed by atoms with Crippen LogP contribution in [0.2, 0.25) is 0 Å². The normalized spacial score (nSPS) is 38.5. The minimum absolute atomic E-state index is 0.306. The van der Waals surface area contributed by atoms with E-state index in [-0.39, 0.29) is 0 Å². The second kappa shape index (κ2) is 2.09. The molecule has 8 heavy (non-hydrogen) atoms. The van der Waals surface area contributed by atoms with E-state index in [1.165, 1.54) is 11.8 Å². The third-order valence-electron chi connectivity index (χ3n) is 1.71. The average molecular weight is 130 g/mol. The molecule has 0 amide bonds. The van der Waals surface area contributed by atoms with Crippen molar-refractivity contribution in [2.75, 3.05) is 5.75 Å². The van der Waals surface area contributed by atoms with Crippen LogP contribution in [0.25, 0.3) is 0 Å². The number of hydrogen-bond donors (Lipinski definition) is 0. The first-order chi connectivity index (χ1) is 3.72. The summed E-state index contributed by atoms with van der Waals surface area (Å²) in [7, 11) is 0. The Labute approximate surface area is 53.8 Å². The molecule has 1 nitrogen and oxygen atoms in total. The Morgan fingerprint density at radius 1 is 1.62 bits per heavy atom. The number of carbonyl (C=O) groups is 1. The van der Waals surface area contributed by atoms with Crippen LogP contribution >= 0.6 is 11.8 Å². The first kappa shape index (κ1) is 6.14. The SMILES string of the molecule is C[C@@H]1CSC(=O)[C@H]1C. The number of rotatable bonds is 0. The van der Waals surface area contributed by atoms with Gasteiger partial charge in [0.1, 0.15) is 0 Å². The van der Waals surface area contributed by atoms with Gasteiger partial charge < -0.3 is 0 Å². The summed E-state index contributed by atoms with van der Waals surface area (Å²) >= 11 is 1.47. The highest BCUT2D eigenvalue weighted by Gasteiger charge is 2.27. The van der Waals surface area contributed by atoms with Gasteiger partial charge in [0.2, 0.25) is 0 Å². The van der Waals surface area contributed by atoms with E-state index in [4.69, 9.17) is 0 Å². The summed E-state index contributed by atoms with van der Waals surface area (Å²) in [6, 6.07) is 0. The summed E-state index contributed by atoms with van der Waals surface area (Å²) in [5.74, 6) is 1.94. The molecule has 0 saturated carbocycles. The molecular weight excluding hydrogens is 120 g/mol. The van der Waals surface area contributed by atoms with Crippen molar-refractivity contribution in [3.8, 4) is 0 Å². The highest BCUT2D eigenvalue weighted by Crippen LogP contribution is 2.30. The van der Waals surface area contributed by atoms with Crippen molar-refractivity contribution in [2.24, 2.45) is 11.8 Å². The molecule has 1 fully saturated rings. The van der Waals surface area contributed by atoms with Gasteiger partial charge in [0.25, 0.3) is 0 Å². The van der Waals surface area contributed by atoms with E-state index in [0.717, 1.165) is 5.75 Å². The number of thioether (sulfide) groups is 1. The molecule has 0 aromatic carbocycles. The molecule has 0 bridgehead atoms. The summed E-state index contributed by atoms with van der Waals surface area (Å²) in [5, 5.41) is 0.373. The molecule has 1 aliphatic heterocycles. The van der Waals surface area contributed by atoms with Gasteiger partial charge in [0.15, 0.2) is 5.12 Å². The lowest BCUT2D eigenvalue weighted by Crippen LogP contribution is -2.06. The van der Waals surface area contributed by atoms with Gasteiger partial charge in [0.05, 0.1) is 0 Å². The molecule has 0 spiro atoms. The first-order valence-electron chi connectivity index (χ1n) is 2.88. The lowest BCUT2D eigenvalue weighted by atomic mass is 10.0. The number of hydrogen-bond acceptors (Lipinski definition) is 2. The van der Waals surface area contributed by atoms with E-state index in [0.29, 0.717) is 17.0 Å². The molecule has 0 aliphatic carbocycles. The maximum atomic E-state index is 10.7. The Balaban J connectivity index is 2.56. The summed E-state index contributed by atoms with van der Waals surface area (Å²) in [6.45, 7) is 4.13. The van der Waals surface area contributed by atoms with Crippen LogP contribution in [0.15, 0.2) is 0 Å². The van der Waals surface area contributed by atoms with E-state index in [9.17, 15) is 4.79 Å². The monoisotopic (exact) mass is 130 g/mol. The second-order valence-electron chi connectivity index (χ2n) is 2.40. The first-order valence-corrected chi connectivity index (χ1v) is 3.87. The van der Waals surface area contributed by atoms with Crippen LogP contribution < -0.4 is 0 Å². The largest absolute Gasteiger partial charge is 0.287 e. The highest BCUT2D eigenvalue weighted by atomic mass is 32.2. The highest BCUT2D eigenvalue weighted by molar-refractivity contribution is 8.14. The van der Waals surface area contributed by atoms with Gasteiger partial charge in [-0.1, -0.05) is 25.6 Å². The molecule has 46 valence electrons. The molecule has 2 atom stereocenters. The van der Waals surface area contributed by atoms with E-state index in [1.54, 1.807) is 0 Å². The van der Waals surface area contributed by atoms with E-state index >= 15 is 0 Å². The zero-order valence-electron chi connectivity index (χ0n) is 5.18. The van der Waals surface area contributed by atoms with Crippen LogP contribution in [0.1, 0.15) is 13.8 Å². The van der Waals surface area contributed by atoms with Gasteiger partial charge in [-0.15, -0.1) is 0 Å². The van der Waals surface area contributed by atoms with E-state index in [1.807, 2.05) is 6.92 Å². The van der Waals surface area contributed by atoms with E-state index in [2.05, 4.69) is 6.92 Å². The minimum atomic E-state index is 0.306. The third kappa shape index (κ3) is 0.895. The summed E-state index contributed by atoms with van der Waals surface area (Å²) in [6.07, 6.45) is 0. The Hall–Kier alpha value is 0.0200. The zero-order valence-corrected chi connectivity index (χ0v) is 5.99. The Morgan fingerprint density at radius 3 is 2.38 bits per heavy atom. The van der Waals surface area contributed by atoms with Crippen LogP contribution in [-0.4, -0.2) is 10.9 Å². The fraction of sp³-hybridized carbons (Fsp3) is 0.833. The fourth-order valence-corrected chi connectivity index (χ4v) is 1.93. The Bertz CT molecular complexity index is 111. The van der Waals surface area contributed by atoms with Crippen LogP contribution in [0, 0.1) is 11.8 Å². The molecule has 0 radical (unpaired) electrons.